The molecule has 0 amide bonds. The van der Waals surface area contributed by atoms with Gasteiger partial charge < -0.3 is 23.7 Å². The summed E-state index contributed by atoms with van der Waals surface area (Å²) in [7, 11) is 3.09. The van der Waals surface area contributed by atoms with Crippen LogP contribution in [-0.4, -0.2) is 50.1 Å². The fraction of sp³-hybridized carbons (Fsp3) is 0.786. The average molecular weight is 487 g/mol. The maximum Gasteiger partial charge on any atom is 0.284 e. The van der Waals surface area contributed by atoms with Crippen LogP contribution in [0.5, 0.6) is 0 Å². The monoisotopic (exact) mass is 486 g/mol. The van der Waals surface area contributed by atoms with Crippen LogP contribution in [0.3, 0.4) is 0 Å². The number of allylic oxidation sites excluding steroid dienone is 4. The molecule has 2 heterocycles. The van der Waals surface area contributed by atoms with E-state index in [9.17, 15) is 9.59 Å². The first-order chi connectivity index (χ1) is 16.6. The molecular weight excluding hydrogens is 448 g/mol. The Kier molecular flexibility index (Phi) is 5.18. The molecule has 0 radical (unpaired) electrons. The highest BCUT2D eigenvalue weighted by Gasteiger charge is 2.74. The Balaban J connectivity index is 1.50. The first-order valence-electron chi connectivity index (χ1n) is 13.2. The average Bonchev–Trinajstić information content (AvgIpc) is 3.18. The molecule has 2 saturated heterocycles. The van der Waals surface area contributed by atoms with Gasteiger partial charge in [-0.3, -0.25) is 9.59 Å². The molecule has 0 N–H and O–H groups in total. The van der Waals surface area contributed by atoms with Crippen LogP contribution in [0.25, 0.3) is 0 Å². The molecule has 0 unspecified atom stereocenters. The lowest BCUT2D eigenvalue weighted by atomic mass is 9.40. The molecule has 7 heteroatoms. The molecule has 6 aliphatic rings. The van der Waals surface area contributed by atoms with Crippen molar-refractivity contribution in [1.29, 1.82) is 0 Å². The molecule has 2 saturated carbocycles. The quantitative estimate of drug-likeness (QED) is 0.576. The molecule has 6 rings (SSSR count). The predicted molar refractivity (Wildman–Crippen MR) is 126 cm³/mol. The van der Waals surface area contributed by atoms with Crippen molar-refractivity contribution in [2.75, 3.05) is 14.2 Å². The Hall–Kier alpha value is -1.70. The van der Waals surface area contributed by atoms with Gasteiger partial charge in [-0.05, 0) is 55.6 Å². The summed E-state index contributed by atoms with van der Waals surface area (Å²) in [4.78, 5) is 28.1. The third-order valence-electron chi connectivity index (χ3n) is 10.5. The van der Waals surface area contributed by atoms with Crippen LogP contribution in [0.4, 0.5) is 0 Å². The predicted octanol–water partition coefficient (Wildman–Crippen LogP) is 4.30. The number of carbonyl (C=O) groups excluding carboxylic acids is 2. The van der Waals surface area contributed by atoms with Crippen LogP contribution in [0, 0.1) is 34.5 Å². The summed E-state index contributed by atoms with van der Waals surface area (Å²) in [5.41, 5.74) is -0.595. The Labute approximate surface area is 207 Å². The number of hydrogen-bond donors (Lipinski definition) is 0. The Morgan fingerprint density at radius 1 is 1.00 bits per heavy atom. The summed E-state index contributed by atoms with van der Waals surface area (Å²) in [5, 5.41) is 0. The van der Waals surface area contributed by atoms with Gasteiger partial charge in [0, 0.05) is 23.2 Å². The second-order valence-electron chi connectivity index (χ2n) is 12.1. The van der Waals surface area contributed by atoms with E-state index >= 15 is 0 Å². The third-order valence-corrected chi connectivity index (χ3v) is 10.5. The first kappa shape index (κ1) is 23.7. The lowest BCUT2D eigenvalue weighted by Gasteiger charge is -2.66. The zero-order chi connectivity index (χ0) is 24.9. The fourth-order valence-electron chi connectivity index (χ4n) is 8.92. The van der Waals surface area contributed by atoms with Gasteiger partial charge in [0.15, 0.2) is 11.5 Å². The minimum Gasteiger partial charge on any atom is -0.493 e. The van der Waals surface area contributed by atoms with Crippen molar-refractivity contribution in [2.24, 2.45) is 34.5 Å². The lowest BCUT2D eigenvalue weighted by molar-refractivity contribution is -0.412. The van der Waals surface area contributed by atoms with Crippen molar-refractivity contribution in [3.05, 3.63) is 23.2 Å². The largest absolute Gasteiger partial charge is 0.493 e. The van der Waals surface area contributed by atoms with Crippen molar-refractivity contribution >= 4 is 11.6 Å². The minimum atomic E-state index is -1.11. The number of rotatable bonds is 2. The van der Waals surface area contributed by atoms with Crippen molar-refractivity contribution in [3.8, 4) is 0 Å². The zero-order valence-electron chi connectivity index (χ0n) is 21.7. The van der Waals surface area contributed by atoms with Crippen LogP contribution in [0.2, 0.25) is 0 Å². The van der Waals surface area contributed by atoms with Gasteiger partial charge >= 0.3 is 0 Å². The van der Waals surface area contributed by atoms with Crippen molar-refractivity contribution in [3.63, 3.8) is 0 Å². The van der Waals surface area contributed by atoms with E-state index in [1.807, 2.05) is 19.9 Å². The lowest BCUT2D eigenvalue weighted by Crippen LogP contribution is -2.71. The van der Waals surface area contributed by atoms with Crippen LogP contribution in [-0.2, 0) is 33.3 Å². The second kappa shape index (κ2) is 7.65. The van der Waals surface area contributed by atoms with Crippen LogP contribution in [0.1, 0.15) is 66.2 Å². The Morgan fingerprint density at radius 3 is 2.26 bits per heavy atom. The normalized spacial score (nSPS) is 50.9. The number of fused-ring (bicyclic) bond motifs is 3. The first-order valence-corrected chi connectivity index (χ1v) is 13.2. The molecule has 0 aromatic rings. The highest BCUT2D eigenvalue weighted by Crippen LogP contribution is 2.69. The van der Waals surface area contributed by atoms with E-state index in [1.165, 1.54) is 7.11 Å². The summed E-state index contributed by atoms with van der Waals surface area (Å²) in [6, 6.07) is 0. The van der Waals surface area contributed by atoms with E-state index in [-0.39, 0.29) is 47.6 Å². The summed E-state index contributed by atoms with van der Waals surface area (Å²) < 4.78 is 31.3. The van der Waals surface area contributed by atoms with E-state index in [2.05, 4.69) is 13.8 Å². The molecule has 7 nitrogen and oxygen atoms in total. The maximum absolute atomic E-state index is 14.1. The van der Waals surface area contributed by atoms with E-state index in [0.29, 0.717) is 24.4 Å². The number of methoxy groups -OCH3 is 2. The molecule has 192 valence electrons. The van der Waals surface area contributed by atoms with E-state index in [1.54, 1.807) is 7.11 Å². The second-order valence-corrected chi connectivity index (χ2v) is 12.1. The highest BCUT2D eigenvalue weighted by atomic mass is 16.9. The number of ether oxygens (including phenoxy) is 5. The molecule has 0 aromatic heterocycles. The molecule has 1 spiro atoms. The summed E-state index contributed by atoms with van der Waals surface area (Å²) in [6.45, 7) is 8.20. The van der Waals surface area contributed by atoms with E-state index in [0.717, 1.165) is 31.3 Å². The molecule has 35 heavy (non-hydrogen) atoms. The topological polar surface area (TPSA) is 80.3 Å². The zero-order valence-corrected chi connectivity index (χ0v) is 21.7. The van der Waals surface area contributed by atoms with Crippen LogP contribution in [0.15, 0.2) is 23.2 Å². The summed E-state index contributed by atoms with van der Waals surface area (Å²) in [5.74, 6) is -1.24. The molecule has 2 aliphatic heterocycles. The van der Waals surface area contributed by atoms with Gasteiger partial charge in [0.2, 0.25) is 11.6 Å². The number of hydrogen-bond acceptors (Lipinski definition) is 7. The van der Waals surface area contributed by atoms with Gasteiger partial charge in [-0.25, -0.2) is 0 Å². The Morgan fingerprint density at radius 2 is 1.66 bits per heavy atom. The molecular formula is C28H38O7. The number of ketones is 2. The van der Waals surface area contributed by atoms with Gasteiger partial charge in [-0.2, -0.15) is 0 Å². The third kappa shape index (κ3) is 2.89. The van der Waals surface area contributed by atoms with Crippen LogP contribution >= 0.6 is 0 Å². The smallest absolute Gasteiger partial charge is 0.284 e. The number of Topliss-reactive ketones (excluding diaryl/α,β-unsaturated/α-hetero) is 2. The molecule has 4 aliphatic carbocycles. The highest BCUT2D eigenvalue weighted by molar-refractivity contribution is 6.07. The molecule has 0 bridgehead atoms. The summed E-state index contributed by atoms with van der Waals surface area (Å²) >= 11 is 0. The van der Waals surface area contributed by atoms with Gasteiger partial charge in [-0.15, -0.1) is 0 Å². The van der Waals surface area contributed by atoms with Gasteiger partial charge in [-0.1, -0.05) is 33.6 Å². The SMILES string of the molecule is COC1=C[C@@H](C)[C@@H]2C[C@H]3OC4(C[C@H]5C(C)=C(OC)C(=O)[C@H]([C@@]2(C)C1=O)[C@@]35C)O[C@H]1CCCC[C@@H]1O4. The molecule has 0 aromatic carbocycles. The molecule has 9 atom stereocenters. The van der Waals surface area contributed by atoms with Crippen molar-refractivity contribution < 1.29 is 33.3 Å². The van der Waals surface area contributed by atoms with Gasteiger partial charge in [0.05, 0.1) is 32.5 Å². The van der Waals surface area contributed by atoms with Crippen molar-refractivity contribution in [1.82, 2.24) is 0 Å². The van der Waals surface area contributed by atoms with Crippen molar-refractivity contribution in [2.45, 2.75) is 90.5 Å². The summed E-state index contributed by atoms with van der Waals surface area (Å²) in [6.07, 6.45) is 7.14. The van der Waals surface area contributed by atoms with E-state index < -0.39 is 22.7 Å². The number of carbonyl (C=O) groups is 2. The maximum atomic E-state index is 14.1. The Bertz CT molecular complexity index is 1010. The van der Waals surface area contributed by atoms with E-state index in [4.69, 9.17) is 23.7 Å². The van der Waals surface area contributed by atoms with Gasteiger partial charge in [0.25, 0.3) is 5.97 Å². The standard InChI is InChI=1S/C28H38O7/c1-14-11-20(31-5)25(30)27(4)16(14)12-21-26(3)17(15(2)23(32-6)22(29)24(26)27)13-28(35-21)33-18-9-7-8-10-19(18)34-28/h11,14,16-19,21,24H,7-10,12-13H2,1-6H3/t14-,16+,17+,18+,19+,21-,24+,26-,27+/m1/s1. The minimum absolute atomic E-state index is 0.0518. The fourth-order valence-corrected chi connectivity index (χ4v) is 8.92. The van der Waals surface area contributed by atoms with Crippen LogP contribution < -0.4 is 0 Å². The molecule has 4 fully saturated rings. The van der Waals surface area contributed by atoms with Gasteiger partial charge in [0.1, 0.15) is 0 Å².